The molecule has 1 fully saturated rings. The standard InChI is InChI=1S/C17H27NO/c1-4-12-18(15-10-11-15)16(13(2)3)17(19)14-8-6-5-7-9-14/h5-9,13,15-17,19H,4,10-12H2,1-3H3. The average Bonchev–Trinajstić information content (AvgIpc) is 3.23. The van der Waals surface area contributed by atoms with Crippen molar-refractivity contribution in [2.75, 3.05) is 6.54 Å². The molecule has 2 heteroatoms. The Balaban J connectivity index is 2.18. The third-order valence-corrected chi connectivity index (χ3v) is 4.03. The van der Waals surface area contributed by atoms with Crippen LogP contribution in [0, 0.1) is 5.92 Å². The number of hydrogen-bond acceptors (Lipinski definition) is 2. The predicted molar refractivity (Wildman–Crippen MR) is 80.0 cm³/mol. The molecule has 1 aromatic carbocycles. The SMILES string of the molecule is CCCN(C1CC1)C(C(C)C)C(O)c1ccccc1. The maximum absolute atomic E-state index is 10.8. The second-order valence-corrected chi connectivity index (χ2v) is 6.06. The molecule has 0 bridgehead atoms. The van der Waals surface area contributed by atoms with Gasteiger partial charge in [-0.25, -0.2) is 0 Å². The van der Waals surface area contributed by atoms with Crippen molar-refractivity contribution in [2.45, 2.75) is 58.2 Å². The molecule has 2 atom stereocenters. The van der Waals surface area contributed by atoms with E-state index >= 15 is 0 Å². The Kier molecular flexibility index (Phi) is 5.00. The molecule has 2 unspecified atom stereocenters. The van der Waals surface area contributed by atoms with Crippen LogP contribution >= 0.6 is 0 Å². The summed E-state index contributed by atoms with van der Waals surface area (Å²) in [6.07, 6.45) is 3.37. The van der Waals surface area contributed by atoms with E-state index in [1.165, 1.54) is 12.8 Å². The fraction of sp³-hybridized carbons (Fsp3) is 0.647. The third-order valence-electron chi connectivity index (χ3n) is 4.03. The fourth-order valence-corrected chi connectivity index (χ4v) is 3.02. The van der Waals surface area contributed by atoms with Crippen molar-refractivity contribution in [2.24, 2.45) is 5.92 Å². The van der Waals surface area contributed by atoms with E-state index in [9.17, 15) is 5.11 Å². The molecule has 0 radical (unpaired) electrons. The first-order valence-corrected chi connectivity index (χ1v) is 7.64. The summed E-state index contributed by atoms with van der Waals surface area (Å²) in [7, 11) is 0. The van der Waals surface area contributed by atoms with E-state index in [0.29, 0.717) is 12.0 Å². The topological polar surface area (TPSA) is 23.5 Å². The average molecular weight is 261 g/mol. The maximum atomic E-state index is 10.8. The lowest BCUT2D eigenvalue weighted by Crippen LogP contribution is -2.45. The zero-order valence-corrected chi connectivity index (χ0v) is 12.4. The first kappa shape index (κ1) is 14.5. The van der Waals surface area contributed by atoms with Crippen molar-refractivity contribution in [3.05, 3.63) is 35.9 Å². The van der Waals surface area contributed by atoms with Crippen LogP contribution in [0.4, 0.5) is 0 Å². The highest BCUT2D eigenvalue weighted by Gasteiger charge is 2.38. The van der Waals surface area contributed by atoms with Crippen molar-refractivity contribution in [1.29, 1.82) is 0 Å². The first-order chi connectivity index (χ1) is 9.15. The van der Waals surface area contributed by atoms with Crippen LogP contribution in [0.3, 0.4) is 0 Å². The summed E-state index contributed by atoms with van der Waals surface area (Å²) in [6.45, 7) is 7.77. The van der Waals surface area contributed by atoms with E-state index in [0.717, 1.165) is 18.5 Å². The molecule has 2 nitrogen and oxygen atoms in total. The number of aliphatic hydroxyl groups excluding tert-OH is 1. The van der Waals surface area contributed by atoms with Gasteiger partial charge in [0.2, 0.25) is 0 Å². The second-order valence-electron chi connectivity index (χ2n) is 6.06. The lowest BCUT2D eigenvalue weighted by atomic mass is 9.91. The third kappa shape index (κ3) is 3.58. The Labute approximate surface area is 117 Å². The van der Waals surface area contributed by atoms with Crippen LogP contribution in [0.1, 0.15) is 51.7 Å². The van der Waals surface area contributed by atoms with Gasteiger partial charge in [-0.05, 0) is 37.3 Å². The molecule has 1 aliphatic rings. The van der Waals surface area contributed by atoms with Gasteiger partial charge in [0.15, 0.2) is 0 Å². The smallest absolute Gasteiger partial charge is 0.0947 e. The van der Waals surface area contributed by atoms with Crippen LogP contribution in [0.25, 0.3) is 0 Å². The fourth-order valence-electron chi connectivity index (χ4n) is 3.02. The van der Waals surface area contributed by atoms with E-state index in [2.05, 4.69) is 25.7 Å². The number of benzene rings is 1. The molecule has 0 saturated heterocycles. The Morgan fingerprint density at radius 2 is 1.84 bits per heavy atom. The minimum atomic E-state index is -0.381. The molecule has 0 spiro atoms. The Bertz CT molecular complexity index is 372. The normalized spacial score (nSPS) is 18.8. The molecule has 0 aromatic heterocycles. The molecule has 2 rings (SSSR count). The highest BCUT2D eigenvalue weighted by Crippen LogP contribution is 2.35. The lowest BCUT2D eigenvalue weighted by molar-refractivity contribution is 0.0173. The summed E-state index contributed by atoms with van der Waals surface area (Å²) in [6, 6.07) is 11.0. The maximum Gasteiger partial charge on any atom is 0.0947 e. The summed E-state index contributed by atoms with van der Waals surface area (Å²) in [5, 5.41) is 10.8. The highest BCUT2D eigenvalue weighted by atomic mass is 16.3. The zero-order chi connectivity index (χ0) is 13.8. The van der Waals surface area contributed by atoms with Crippen molar-refractivity contribution >= 4 is 0 Å². The Morgan fingerprint density at radius 3 is 2.32 bits per heavy atom. The molecule has 1 aromatic rings. The molecule has 0 heterocycles. The van der Waals surface area contributed by atoms with Crippen molar-refractivity contribution in [1.82, 2.24) is 4.90 Å². The summed E-state index contributed by atoms with van der Waals surface area (Å²) in [5.41, 5.74) is 1.04. The van der Waals surface area contributed by atoms with E-state index in [1.54, 1.807) is 0 Å². The molecule has 1 N–H and O–H groups in total. The summed E-state index contributed by atoms with van der Waals surface area (Å²) in [4.78, 5) is 2.54. The second kappa shape index (κ2) is 6.53. The minimum absolute atomic E-state index is 0.231. The zero-order valence-electron chi connectivity index (χ0n) is 12.4. The minimum Gasteiger partial charge on any atom is -0.387 e. The molecule has 1 aliphatic carbocycles. The van der Waals surface area contributed by atoms with Gasteiger partial charge >= 0.3 is 0 Å². The predicted octanol–water partition coefficient (Wildman–Crippen LogP) is 3.62. The van der Waals surface area contributed by atoms with Gasteiger partial charge in [0.25, 0.3) is 0 Å². The monoisotopic (exact) mass is 261 g/mol. The largest absolute Gasteiger partial charge is 0.387 e. The number of rotatable bonds is 7. The van der Waals surface area contributed by atoms with Crippen molar-refractivity contribution < 1.29 is 5.11 Å². The van der Waals surface area contributed by atoms with Crippen LogP contribution in [0.5, 0.6) is 0 Å². The van der Waals surface area contributed by atoms with Gasteiger partial charge in [-0.2, -0.15) is 0 Å². The van der Waals surface area contributed by atoms with E-state index in [-0.39, 0.29) is 12.1 Å². The van der Waals surface area contributed by atoms with Gasteiger partial charge in [0, 0.05) is 12.1 Å². The number of aliphatic hydroxyl groups is 1. The molecule has 19 heavy (non-hydrogen) atoms. The Morgan fingerprint density at radius 1 is 1.21 bits per heavy atom. The van der Waals surface area contributed by atoms with Crippen molar-refractivity contribution in [3.8, 4) is 0 Å². The molecule has 106 valence electrons. The van der Waals surface area contributed by atoms with Gasteiger partial charge in [0.05, 0.1) is 6.10 Å². The molecule has 0 aliphatic heterocycles. The molecular weight excluding hydrogens is 234 g/mol. The summed E-state index contributed by atoms with van der Waals surface area (Å²) < 4.78 is 0. The van der Waals surface area contributed by atoms with E-state index in [4.69, 9.17) is 0 Å². The van der Waals surface area contributed by atoms with Crippen LogP contribution in [0.15, 0.2) is 30.3 Å². The van der Waals surface area contributed by atoms with Gasteiger partial charge < -0.3 is 5.11 Å². The van der Waals surface area contributed by atoms with Crippen LogP contribution in [-0.4, -0.2) is 28.6 Å². The van der Waals surface area contributed by atoms with E-state index in [1.807, 2.05) is 30.3 Å². The van der Waals surface area contributed by atoms with Crippen LogP contribution in [-0.2, 0) is 0 Å². The quantitative estimate of drug-likeness (QED) is 0.810. The van der Waals surface area contributed by atoms with Crippen molar-refractivity contribution in [3.63, 3.8) is 0 Å². The van der Waals surface area contributed by atoms with Crippen LogP contribution < -0.4 is 0 Å². The number of nitrogens with zero attached hydrogens (tertiary/aromatic N) is 1. The first-order valence-electron chi connectivity index (χ1n) is 7.64. The molecular formula is C17H27NO. The van der Waals surface area contributed by atoms with E-state index < -0.39 is 0 Å². The summed E-state index contributed by atoms with van der Waals surface area (Å²) >= 11 is 0. The highest BCUT2D eigenvalue weighted by molar-refractivity contribution is 5.19. The van der Waals surface area contributed by atoms with Gasteiger partial charge in [-0.15, -0.1) is 0 Å². The van der Waals surface area contributed by atoms with Gasteiger partial charge in [0.1, 0.15) is 0 Å². The van der Waals surface area contributed by atoms with Crippen LogP contribution in [0.2, 0.25) is 0 Å². The number of hydrogen-bond donors (Lipinski definition) is 1. The Hall–Kier alpha value is -0.860. The molecule has 1 saturated carbocycles. The molecule has 0 amide bonds. The van der Waals surface area contributed by atoms with Gasteiger partial charge in [-0.3, -0.25) is 4.90 Å². The lowest BCUT2D eigenvalue weighted by Gasteiger charge is -2.38. The van der Waals surface area contributed by atoms with Gasteiger partial charge in [-0.1, -0.05) is 51.1 Å². The summed E-state index contributed by atoms with van der Waals surface area (Å²) in [5.74, 6) is 0.461.